The van der Waals surface area contributed by atoms with Crippen LogP contribution in [-0.2, 0) is 0 Å². The molecule has 1 saturated heterocycles. The monoisotopic (exact) mass is 300 g/mol. The molecular formula is C10H13FN6O2S. The highest BCUT2D eigenvalue weighted by molar-refractivity contribution is 8.00. The van der Waals surface area contributed by atoms with E-state index in [9.17, 15) is 9.50 Å². The Morgan fingerprint density at radius 1 is 1.40 bits per heavy atom. The minimum Gasteiger partial charge on any atom is -0.395 e. The van der Waals surface area contributed by atoms with Crippen molar-refractivity contribution in [2.75, 3.05) is 18.1 Å². The molecule has 6 N–H and O–H groups in total. The molecule has 3 heterocycles. The maximum Gasteiger partial charge on any atom is 0.224 e. The summed E-state index contributed by atoms with van der Waals surface area (Å²) in [5.74, 6) is 0.0818. The molecule has 0 saturated carbocycles. The minimum absolute atomic E-state index is 0.0330. The van der Waals surface area contributed by atoms with Gasteiger partial charge in [0.25, 0.3) is 0 Å². The van der Waals surface area contributed by atoms with E-state index in [4.69, 9.17) is 16.6 Å². The largest absolute Gasteiger partial charge is 0.395 e. The average molecular weight is 300 g/mol. The van der Waals surface area contributed by atoms with Crippen molar-refractivity contribution < 1.29 is 14.6 Å². The topological polar surface area (TPSA) is 136 Å². The third kappa shape index (κ3) is 1.87. The summed E-state index contributed by atoms with van der Waals surface area (Å²) in [4.78, 5) is 11.8. The number of nitrogens with zero attached hydrogens (tertiary/aromatic N) is 4. The van der Waals surface area contributed by atoms with Crippen LogP contribution in [-0.4, -0.2) is 53.9 Å². The van der Waals surface area contributed by atoms with Crippen molar-refractivity contribution in [2.45, 2.75) is 22.9 Å². The summed E-state index contributed by atoms with van der Waals surface area (Å²) in [7, 11) is 0. The van der Waals surface area contributed by atoms with Crippen LogP contribution in [0.15, 0.2) is 6.33 Å². The van der Waals surface area contributed by atoms with Gasteiger partial charge in [-0.05, 0) is 0 Å². The standard InChI is InChI=1S/C10H13FN6O2S/c11-4-6(19)3(1-18)20-9(4)17-2-14-5-7(12)15-10(13)16-8(5)17/h2-4,6,9,18-19H,1H2,(H4,12,13,15,16)/t3-,4+,6+,9-/m1/s1. The number of rotatable bonds is 2. The number of hydrogen-bond donors (Lipinski definition) is 4. The van der Waals surface area contributed by atoms with Crippen molar-refractivity contribution in [3.63, 3.8) is 0 Å². The molecular weight excluding hydrogens is 287 g/mol. The molecule has 0 spiro atoms. The molecule has 0 aromatic carbocycles. The SMILES string of the molecule is Nc1nc(N)c2ncn([C@@H]3S[C@H](CO)[C@H](O)[C@@H]3F)c2n1. The summed E-state index contributed by atoms with van der Waals surface area (Å²) >= 11 is 1.12. The van der Waals surface area contributed by atoms with Crippen molar-refractivity contribution in [1.82, 2.24) is 19.5 Å². The highest BCUT2D eigenvalue weighted by atomic mass is 32.2. The van der Waals surface area contributed by atoms with Crippen LogP contribution < -0.4 is 11.5 Å². The fourth-order valence-electron chi connectivity index (χ4n) is 2.22. The number of halogens is 1. The van der Waals surface area contributed by atoms with E-state index in [2.05, 4.69) is 15.0 Å². The van der Waals surface area contributed by atoms with Crippen LogP contribution in [0.2, 0.25) is 0 Å². The zero-order valence-electron chi connectivity index (χ0n) is 10.2. The molecule has 108 valence electrons. The number of nitrogens with two attached hydrogens (primary N) is 2. The van der Waals surface area contributed by atoms with Crippen molar-refractivity contribution >= 4 is 34.7 Å². The number of hydrogen-bond acceptors (Lipinski definition) is 8. The second-order valence-electron chi connectivity index (χ2n) is 4.47. The van der Waals surface area contributed by atoms with Gasteiger partial charge in [-0.15, -0.1) is 11.8 Å². The molecule has 0 bridgehead atoms. The second kappa shape index (κ2) is 4.72. The van der Waals surface area contributed by atoms with E-state index in [-0.39, 0.29) is 18.4 Å². The van der Waals surface area contributed by atoms with Gasteiger partial charge in [0.05, 0.1) is 18.2 Å². The minimum atomic E-state index is -1.55. The Labute approximate surface area is 117 Å². The molecule has 1 aliphatic heterocycles. The van der Waals surface area contributed by atoms with Gasteiger partial charge >= 0.3 is 0 Å². The van der Waals surface area contributed by atoms with Gasteiger partial charge in [-0.1, -0.05) is 0 Å². The highest BCUT2D eigenvalue weighted by Crippen LogP contribution is 2.44. The van der Waals surface area contributed by atoms with Crippen LogP contribution in [0.4, 0.5) is 16.2 Å². The van der Waals surface area contributed by atoms with Crippen molar-refractivity contribution in [1.29, 1.82) is 0 Å². The van der Waals surface area contributed by atoms with E-state index >= 15 is 0 Å². The number of aliphatic hydroxyl groups is 2. The third-order valence-electron chi connectivity index (χ3n) is 3.21. The Morgan fingerprint density at radius 2 is 2.15 bits per heavy atom. The molecule has 0 aliphatic carbocycles. The van der Waals surface area contributed by atoms with Crippen LogP contribution >= 0.6 is 11.8 Å². The molecule has 20 heavy (non-hydrogen) atoms. The van der Waals surface area contributed by atoms with E-state index in [1.807, 2.05) is 0 Å². The number of imidazole rings is 1. The Morgan fingerprint density at radius 3 is 2.80 bits per heavy atom. The molecule has 1 fully saturated rings. The molecule has 2 aromatic rings. The first-order valence-electron chi connectivity index (χ1n) is 5.87. The van der Waals surface area contributed by atoms with E-state index in [1.165, 1.54) is 10.9 Å². The lowest BCUT2D eigenvalue weighted by Crippen LogP contribution is -2.29. The first kappa shape index (κ1) is 13.3. The summed E-state index contributed by atoms with van der Waals surface area (Å²) in [6.45, 7) is -0.311. The van der Waals surface area contributed by atoms with Crippen molar-refractivity contribution in [2.24, 2.45) is 0 Å². The summed E-state index contributed by atoms with van der Waals surface area (Å²) < 4.78 is 15.6. The number of thioether (sulfide) groups is 1. The number of nitrogen functional groups attached to an aromatic ring is 2. The molecule has 0 unspecified atom stereocenters. The van der Waals surface area contributed by atoms with Crippen LogP contribution in [0, 0.1) is 0 Å². The van der Waals surface area contributed by atoms with Gasteiger partial charge in [-0.2, -0.15) is 9.97 Å². The van der Waals surface area contributed by atoms with Crippen LogP contribution in [0.1, 0.15) is 5.37 Å². The van der Waals surface area contributed by atoms with Gasteiger partial charge < -0.3 is 21.7 Å². The van der Waals surface area contributed by atoms with Gasteiger partial charge in [-0.25, -0.2) is 9.37 Å². The van der Waals surface area contributed by atoms with Crippen LogP contribution in [0.3, 0.4) is 0 Å². The fraction of sp³-hybridized carbons (Fsp3) is 0.500. The highest BCUT2D eigenvalue weighted by Gasteiger charge is 2.45. The summed E-state index contributed by atoms with van der Waals surface area (Å²) in [6.07, 6.45) is -1.41. The first-order chi connectivity index (χ1) is 9.52. The second-order valence-corrected chi connectivity index (χ2v) is 5.83. The molecule has 0 radical (unpaired) electrons. The van der Waals surface area contributed by atoms with E-state index in [0.29, 0.717) is 11.2 Å². The molecule has 1 aliphatic rings. The molecule has 10 heteroatoms. The third-order valence-corrected chi connectivity index (χ3v) is 4.76. The Hall–Kier alpha value is -1.65. The zero-order chi connectivity index (χ0) is 14.4. The molecule has 0 amide bonds. The van der Waals surface area contributed by atoms with Gasteiger partial charge in [0.1, 0.15) is 17.0 Å². The average Bonchev–Trinajstić information content (AvgIpc) is 2.93. The summed E-state index contributed by atoms with van der Waals surface area (Å²) in [5, 5.41) is 17.5. The van der Waals surface area contributed by atoms with Gasteiger partial charge in [0.2, 0.25) is 5.95 Å². The number of anilines is 2. The normalized spacial score (nSPS) is 30.1. The predicted octanol–water partition coefficient (Wildman–Crippen LogP) is -0.704. The quantitative estimate of drug-likeness (QED) is 0.571. The van der Waals surface area contributed by atoms with Gasteiger partial charge in [0.15, 0.2) is 17.6 Å². The summed E-state index contributed by atoms with van der Waals surface area (Å²) in [5.41, 5.74) is 11.9. The van der Waals surface area contributed by atoms with Crippen molar-refractivity contribution in [3.8, 4) is 0 Å². The van der Waals surface area contributed by atoms with Crippen LogP contribution in [0.25, 0.3) is 11.2 Å². The lowest BCUT2D eigenvalue weighted by Gasteiger charge is -2.15. The maximum atomic E-state index is 14.2. The van der Waals surface area contributed by atoms with Crippen molar-refractivity contribution in [3.05, 3.63) is 6.33 Å². The zero-order valence-corrected chi connectivity index (χ0v) is 11.0. The predicted molar refractivity (Wildman–Crippen MR) is 72.6 cm³/mol. The van der Waals surface area contributed by atoms with Crippen LogP contribution in [0.5, 0.6) is 0 Å². The molecule has 4 atom stereocenters. The maximum absolute atomic E-state index is 14.2. The number of aromatic nitrogens is 4. The lowest BCUT2D eigenvalue weighted by atomic mass is 10.1. The lowest BCUT2D eigenvalue weighted by molar-refractivity contribution is 0.0642. The molecule has 3 rings (SSSR count). The smallest absolute Gasteiger partial charge is 0.224 e. The first-order valence-corrected chi connectivity index (χ1v) is 6.81. The van der Waals surface area contributed by atoms with Gasteiger partial charge in [0, 0.05) is 0 Å². The number of aliphatic hydroxyl groups excluding tert-OH is 2. The fourth-order valence-corrected chi connectivity index (χ4v) is 3.57. The van der Waals surface area contributed by atoms with Gasteiger partial charge in [-0.3, -0.25) is 4.57 Å². The van der Waals surface area contributed by atoms with E-state index in [1.54, 1.807) is 0 Å². The molecule has 8 nitrogen and oxygen atoms in total. The Kier molecular flexibility index (Phi) is 3.15. The van der Waals surface area contributed by atoms with E-state index in [0.717, 1.165) is 11.8 Å². The Balaban J connectivity index is 2.07. The Bertz CT molecular complexity index is 652. The summed E-state index contributed by atoms with van der Waals surface area (Å²) in [6, 6.07) is 0. The molecule has 2 aromatic heterocycles. The number of alkyl halides is 1. The number of fused-ring (bicyclic) bond motifs is 1. The van der Waals surface area contributed by atoms with E-state index < -0.39 is 22.9 Å².